The minimum atomic E-state index is -4.26. The molecule has 0 bridgehead atoms. The van der Waals surface area contributed by atoms with Gasteiger partial charge in [-0.25, -0.2) is 8.42 Å². The van der Waals surface area contributed by atoms with Crippen molar-refractivity contribution in [1.29, 1.82) is 0 Å². The summed E-state index contributed by atoms with van der Waals surface area (Å²) in [5.41, 5.74) is -0.115. The Hall–Kier alpha value is 0.176. The first-order chi connectivity index (χ1) is 12.4. The molecule has 0 aromatic carbocycles. The molecule has 1 aliphatic heterocycles. The average molecular weight is 424 g/mol. The maximum absolute atomic E-state index is 11.5. The Morgan fingerprint density at radius 1 is 1.00 bits per heavy atom. The van der Waals surface area contributed by atoms with E-state index in [1.54, 1.807) is 0 Å². The van der Waals surface area contributed by atoms with Crippen LogP contribution in [0.1, 0.15) is 77.0 Å². The summed E-state index contributed by atoms with van der Waals surface area (Å²) in [6.45, 7) is -0.104. The molecule has 1 aliphatic rings. The summed E-state index contributed by atoms with van der Waals surface area (Å²) < 4.78 is 31.2. The van der Waals surface area contributed by atoms with Crippen LogP contribution in [0.3, 0.4) is 0 Å². The van der Waals surface area contributed by atoms with Gasteiger partial charge in [0.15, 0.2) is 5.66 Å². The van der Waals surface area contributed by atoms with E-state index in [4.69, 9.17) is 6.42 Å². The largest absolute Gasteiger partial charge is 1.00 e. The Labute approximate surface area is 206 Å². The Morgan fingerprint density at radius 2 is 1.56 bits per heavy atom. The maximum atomic E-state index is 11.5. The summed E-state index contributed by atoms with van der Waals surface area (Å²) in [4.78, 5) is 11.5. The van der Waals surface area contributed by atoms with Gasteiger partial charge in [0.05, 0.1) is 15.9 Å². The van der Waals surface area contributed by atoms with Crippen LogP contribution in [0.2, 0.25) is 0 Å². The molecular weight excluding hydrogens is 393 g/mol. The van der Waals surface area contributed by atoms with Crippen molar-refractivity contribution in [3.05, 3.63) is 0 Å². The Bertz CT molecular complexity index is 596. The third-order valence-electron chi connectivity index (χ3n) is 4.44. The molecule has 1 amide bonds. The Kier molecular flexibility index (Phi) is 15.2. The number of hydrogen-bond donors (Lipinski definition) is 1. The zero-order chi connectivity index (χ0) is 19.3. The zero-order valence-corrected chi connectivity index (χ0v) is 20.4. The SMILES string of the molecule is C#CCCCC1(CCCCCCCCCC(=O)NCCS(=O)(=O)[O-])N=N1.[K+]. The second-order valence-corrected chi connectivity index (χ2v) is 8.35. The summed E-state index contributed by atoms with van der Waals surface area (Å²) in [5.74, 6) is 1.90. The first kappa shape index (κ1) is 27.2. The predicted molar refractivity (Wildman–Crippen MR) is 99.4 cm³/mol. The zero-order valence-electron chi connectivity index (χ0n) is 16.4. The molecule has 0 radical (unpaired) electrons. The fraction of sp³-hybridized carbons (Fsp3) is 0.833. The third kappa shape index (κ3) is 15.7. The van der Waals surface area contributed by atoms with Crippen LogP contribution in [0.15, 0.2) is 10.2 Å². The van der Waals surface area contributed by atoms with Crippen LogP contribution < -0.4 is 56.7 Å². The molecule has 0 fully saturated rings. The monoisotopic (exact) mass is 423 g/mol. The Balaban J connectivity index is 0.00000676. The topological polar surface area (TPSA) is 111 Å². The molecule has 1 heterocycles. The maximum Gasteiger partial charge on any atom is 1.00 e. The van der Waals surface area contributed by atoms with E-state index in [0.717, 1.165) is 57.8 Å². The number of terminal acetylenes is 1. The van der Waals surface area contributed by atoms with E-state index in [0.29, 0.717) is 6.42 Å². The summed E-state index contributed by atoms with van der Waals surface area (Å²) in [5, 5.41) is 10.8. The summed E-state index contributed by atoms with van der Waals surface area (Å²) in [6.07, 6.45) is 16.9. The van der Waals surface area contributed by atoms with Gasteiger partial charge in [-0.2, -0.15) is 10.2 Å². The number of amides is 1. The molecule has 0 atom stereocenters. The number of carbonyl (C=O) groups is 1. The quantitative estimate of drug-likeness (QED) is 0.165. The summed E-state index contributed by atoms with van der Waals surface area (Å²) in [6, 6.07) is 0. The van der Waals surface area contributed by atoms with Crippen molar-refractivity contribution < 1.29 is 69.1 Å². The van der Waals surface area contributed by atoms with Gasteiger partial charge in [0.25, 0.3) is 0 Å². The molecule has 0 aliphatic carbocycles. The van der Waals surface area contributed by atoms with Gasteiger partial charge in [0, 0.05) is 19.4 Å². The van der Waals surface area contributed by atoms with E-state index in [1.807, 2.05) is 0 Å². The molecule has 27 heavy (non-hydrogen) atoms. The molecule has 0 saturated heterocycles. The second-order valence-electron chi connectivity index (χ2n) is 6.83. The molecule has 7 nitrogen and oxygen atoms in total. The van der Waals surface area contributed by atoms with Gasteiger partial charge in [0.2, 0.25) is 5.91 Å². The van der Waals surface area contributed by atoms with Gasteiger partial charge < -0.3 is 9.87 Å². The Morgan fingerprint density at radius 3 is 2.11 bits per heavy atom. The first-order valence-corrected chi connectivity index (χ1v) is 11.0. The number of nitrogens with one attached hydrogen (secondary N) is 1. The van der Waals surface area contributed by atoms with E-state index in [9.17, 15) is 17.8 Å². The predicted octanol–water partition coefficient (Wildman–Crippen LogP) is 0.128. The molecule has 1 rings (SSSR count). The van der Waals surface area contributed by atoms with Crippen LogP contribution in [-0.4, -0.2) is 36.8 Å². The second kappa shape index (κ2) is 15.1. The summed E-state index contributed by atoms with van der Waals surface area (Å²) in [7, 11) is -4.26. The van der Waals surface area contributed by atoms with Crippen LogP contribution >= 0.6 is 0 Å². The van der Waals surface area contributed by atoms with Crippen molar-refractivity contribution in [2.24, 2.45) is 10.2 Å². The number of nitrogens with zero attached hydrogens (tertiary/aromatic N) is 2. The van der Waals surface area contributed by atoms with E-state index < -0.39 is 15.9 Å². The molecular formula is C18H30KN3O4S. The fourth-order valence-electron chi connectivity index (χ4n) is 2.85. The molecule has 9 heteroatoms. The number of hydrogen-bond acceptors (Lipinski definition) is 6. The van der Waals surface area contributed by atoms with Crippen LogP contribution in [0.4, 0.5) is 0 Å². The molecule has 0 spiro atoms. The van der Waals surface area contributed by atoms with Gasteiger partial charge in [-0.1, -0.05) is 32.1 Å². The van der Waals surface area contributed by atoms with Crippen LogP contribution in [-0.2, 0) is 14.9 Å². The normalized spacial score (nSPS) is 14.2. The van der Waals surface area contributed by atoms with Gasteiger partial charge in [-0.05, 0) is 32.1 Å². The molecule has 1 N–H and O–H groups in total. The molecule has 0 unspecified atom stereocenters. The average Bonchev–Trinajstić information content (AvgIpc) is 3.32. The molecule has 0 saturated carbocycles. The fourth-order valence-corrected chi connectivity index (χ4v) is 3.20. The minimum Gasteiger partial charge on any atom is -0.748 e. The smallest absolute Gasteiger partial charge is 0.748 e. The number of carbonyl (C=O) groups excluding carboxylic acids is 1. The van der Waals surface area contributed by atoms with Crippen molar-refractivity contribution in [3.8, 4) is 12.3 Å². The van der Waals surface area contributed by atoms with Gasteiger partial charge in [0.1, 0.15) is 0 Å². The van der Waals surface area contributed by atoms with Crippen molar-refractivity contribution in [2.45, 2.75) is 82.7 Å². The van der Waals surface area contributed by atoms with E-state index in [2.05, 4.69) is 21.5 Å². The molecule has 0 aromatic rings. The van der Waals surface area contributed by atoms with E-state index in [-0.39, 0.29) is 69.5 Å². The minimum absolute atomic E-state index is 0. The van der Waals surface area contributed by atoms with Crippen molar-refractivity contribution >= 4 is 16.0 Å². The number of rotatable bonds is 16. The van der Waals surface area contributed by atoms with Crippen molar-refractivity contribution in [1.82, 2.24) is 5.32 Å². The van der Waals surface area contributed by atoms with Crippen LogP contribution in [0.5, 0.6) is 0 Å². The van der Waals surface area contributed by atoms with Crippen molar-refractivity contribution in [3.63, 3.8) is 0 Å². The summed E-state index contributed by atoms with van der Waals surface area (Å²) >= 11 is 0. The van der Waals surface area contributed by atoms with Gasteiger partial charge >= 0.3 is 51.4 Å². The van der Waals surface area contributed by atoms with E-state index in [1.165, 1.54) is 12.8 Å². The first-order valence-electron chi connectivity index (χ1n) is 9.45. The standard InChI is InChI=1S/C18H31N3O4S.K/c1-2-3-10-13-18(20-21-18)14-11-8-6-4-5-7-9-12-17(22)19-15-16-26(23,24)25;/h1H,3-16H2,(H,19,22)(H,23,24,25);/q;+1/p-1. The molecule has 0 aromatic heterocycles. The number of unbranched alkanes of at least 4 members (excludes halogenated alkanes) is 7. The third-order valence-corrected chi connectivity index (χ3v) is 5.14. The molecule has 148 valence electrons. The van der Waals surface area contributed by atoms with Gasteiger partial charge in [-0.3, -0.25) is 4.79 Å². The van der Waals surface area contributed by atoms with Gasteiger partial charge in [-0.15, -0.1) is 12.3 Å². The van der Waals surface area contributed by atoms with Crippen molar-refractivity contribution in [2.75, 3.05) is 12.3 Å². The van der Waals surface area contributed by atoms with Crippen LogP contribution in [0.25, 0.3) is 0 Å². The van der Waals surface area contributed by atoms with E-state index >= 15 is 0 Å². The van der Waals surface area contributed by atoms with Crippen LogP contribution in [0, 0.1) is 12.3 Å².